The first-order valence-corrected chi connectivity index (χ1v) is 4.73. The van der Waals surface area contributed by atoms with Crippen molar-refractivity contribution in [3.8, 4) is 0 Å². The highest BCUT2D eigenvalue weighted by atomic mass is 16.4. The van der Waals surface area contributed by atoms with Crippen LogP contribution in [0.3, 0.4) is 0 Å². The lowest BCUT2D eigenvalue weighted by molar-refractivity contribution is -0.129. The zero-order valence-electron chi connectivity index (χ0n) is 8.61. The van der Waals surface area contributed by atoms with Gasteiger partial charge in [0.05, 0.1) is 13.1 Å². The predicted octanol–water partition coefficient (Wildman–Crippen LogP) is 0.258. The summed E-state index contributed by atoms with van der Waals surface area (Å²) in [5.41, 5.74) is 0.836. The fourth-order valence-corrected chi connectivity index (χ4v) is 1.71. The molecule has 6 heteroatoms. The number of hydrogen-bond donors (Lipinski definition) is 2. The fourth-order valence-electron chi connectivity index (χ4n) is 1.71. The Labute approximate surface area is 90.9 Å². The number of carbonyl (C=O) groups is 3. The van der Waals surface area contributed by atoms with Crippen LogP contribution in [0.15, 0.2) is 6.07 Å². The molecule has 0 fully saturated rings. The summed E-state index contributed by atoms with van der Waals surface area (Å²) in [6, 6.07) is 1.32. The first kappa shape index (κ1) is 10.4. The number of rotatable bonds is 1. The summed E-state index contributed by atoms with van der Waals surface area (Å²) in [4.78, 5) is 37.5. The monoisotopic (exact) mass is 222 g/mol. The number of carboxylic acid groups (broad SMARTS) is 1. The molecule has 0 aliphatic carbocycles. The first-order valence-electron chi connectivity index (χ1n) is 4.73. The Kier molecular flexibility index (Phi) is 2.26. The van der Waals surface area contributed by atoms with E-state index < -0.39 is 5.97 Å². The summed E-state index contributed by atoms with van der Waals surface area (Å²) < 4.78 is 0. The van der Waals surface area contributed by atoms with Gasteiger partial charge >= 0.3 is 5.97 Å². The van der Waals surface area contributed by atoms with E-state index in [1.165, 1.54) is 17.9 Å². The maximum Gasteiger partial charge on any atom is 0.352 e. The molecule has 84 valence electrons. The van der Waals surface area contributed by atoms with Crippen molar-refractivity contribution < 1.29 is 19.5 Å². The molecule has 0 saturated heterocycles. The third-order valence-electron chi connectivity index (χ3n) is 2.56. The molecule has 6 nitrogen and oxygen atoms in total. The molecular weight excluding hydrogens is 212 g/mol. The van der Waals surface area contributed by atoms with Gasteiger partial charge in [0.15, 0.2) is 5.78 Å². The normalized spacial score (nSPS) is 14.8. The van der Waals surface area contributed by atoms with Crippen LogP contribution in [-0.2, 0) is 11.3 Å². The van der Waals surface area contributed by atoms with Gasteiger partial charge in [-0.25, -0.2) is 4.79 Å². The first-order chi connectivity index (χ1) is 7.49. The van der Waals surface area contributed by atoms with Crippen molar-refractivity contribution in [2.24, 2.45) is 0 Å². The molecule has 16 heavy (non-hydrogen) atoms. The van der Waals surface area contributed by atoms with Gasteiger partial charge in [0.25, 0.3) is 0 Å². The molecule has 2 N–H and O–H groups in total. The highest BCUT2D eigenvalue weighted by Crippen LogP contribution is 2.19. The van der Waals surface area contributed by atoms with Crippen LogP contribution in [0.25, 0.3) is 0 Å². The molecule has 0 unspecified atom stereocenters. The summed E-state index contributed by atoms with van der Waals surface area (Å²) in [7, 11) is 0. The Morgan fingerprint density at radius 2 is 2.12 bits per heavy atom. The van der Waals surface area contributed by atoms with E-state index in [9.17, 15) is 14.4 Å². The van der Waals surface area contributed by atoms with Crippen LogP contribution < -0.4 is 0 Å². The van der Waals surface area contributed by atoms with E-state index in [4.69, 9.17) is 5.11 Å². The number of Topliss-reactive ketones (excluding diaryl/α,β-unsaturated/α-hetero) is 1. The fraction of sp³-hybridized carbons (Fsp3) is 0.300. The number of nitrogens with one attached hydrogen (secondary N) is 1. The van der Waals surface area contributed by atoms with Gasteiger partial charge in [-0.1, -0.05) is 0 Å². The second-order valence-electron chi connectivity index (χ2n) is 3.68. The van der Waals surface area contributed by atoms with Crippen molar-refractivity contribution in [2.45, 2.75) is 13.5 Å². The van der Waals surface area contributed by atoms with Gasteiger partial charge in [-0.3, -0.25) is 9.59 Å². The number of amides is 1. The molecule has 0 bridgehead atoms. The highest BCUT2D eigenvalue weighted by molar-refractivity contribution is 6.03. The van der Waals surface area contributed by atoms with Gasteiger partial charge in [-0.2, -0.15) is 0 Å². The minimum absolute atomic E-state index is 0.0131. The molecule has 1 aromatic rings. The molecule has 0 saturated carbocycles. The van der Waals surface area contributed by atoms with Crippen LogP contribution in [0.4, 0.5) is 0 Å². The summed E-state index contributed by atoms with van der Waals surface area (Å²) in [5, 5.41) is 8.77. The number of aromatic amines is 1. The molecule has 0 atom stereocenters. The number of aromatic nitrogens is 1. The molecule has 2 rings (SSSR count). The van der Waals surface area contributed by atoms with Crippen LogP contribution in [-0.4, -0.2) is 39.2 Å². The Balaban J connectivity index is 2.39. The van der Waals surface area contributed by atoms with E-state index in [-0.39, 0.29) is 30.5 Å². The average Bonchev–Trinajstić information content (AvgIpc) is 2.61. The number of carboxylic acids is 1. The Morgan fingerprint density at radius 3 is 2.69 bits per heavy atom. The topological polar surface area (TPSA) is 90.5 Å². The number of nitrogens with zero attached hydrogens (tertiary/aromatic N) is 1. The van der Waals surface area contributed by atoms with Crippen molar-refractivity contribution in [1.29, 1.82) is 0 Å². The van der Waals surface area contributed by atoms with Gasteiger partial charge in [0, 0.05) is 18.2 Å². The largest absolute Gasteiger partial charge is 0.477 e. The Hall–Kier alpha value is -2.11. The van der Waals surface area contributed by atoms with Crippen LogP contribution in [0.1, 0.15) is 33.5 Å². The van der Waals surface area contributed by atoms with E-state index in [1.807, 2.05) is 0 Å². The Bertz CT molecular complexity index is 489. The molecule has 0 radical (unpaired) electrons. The molecule has 1 aromatic heterocycles. The molecule has 2 heterocycles. The van der Waals surface area contributed by atoms with Gasteiger partial charge in [-0.15, -0.1) is 0 Å². The number of H-pyrrole nitrogens is 1. The second kappa shape index (κ2) is 3.48. The van der Waals surface area contributed by atoms with Crippen LogP contribution >= 0.6 is 0 Å². The maximum atomic E-state index is 11.6. The lowest BCUT2D eigenvalue weighted by Crippen LogP contribution is -2.37. The van der Waals surface area contributed by atoms with Crippen molar-refractivity contribution in [2.75, 3.05) is 6.54 Å². The standard InChI is InChI=1S/C10H10N2O4/c1-5(13)12-3-8-6(9(14)4-12)2-7(11-8)10(15)16/h2,11H,3-4H2,1H3,(H,15,16). The number of aromatic carboxylic acids is 1. The van der Waals surface area contributed by atoms with Gasteiger partial charge in [0.1, 0.15) is 5.69 Å². The average molecular weight is 222 g/mol. The lowest BCUT2D eigenvalue weighted by Gasteiger charge is -2.24. The number of fused-ring (bicyclic) bond motifs is 1. The summed E-state index contributed by atoms with van der Waals surface area (Å²) in [6.07, 6.45) is 0. The molecule has 1 aliphatic heterocycles. The van der Waals surface area contributed by atoms with Crippen molar-refractivity contribution >= 4 is 17.7 Å². The summed E-state index contributed by atoms with van der Waals surface area (Å²) >= 11 is 0. The molecule has 0 aromatic carbocycles. The van der Waals surface area contributed by atoms with Crippen molar-refractivity contribution in [1.82, 2.24) is 9.88 Å². The van der Waals surface area contributed by atoms with Crippen molar-refractivity contribution in [3.63, 3.8) is 0 Å². The smallest absolute Gasteiger partial charge is 0.352 e. The van der Waals surface area contributed by atoms with E-state index in [1.54, 1.807) is 0 Å². The van der Waals surface area contributed by atoms with E-state index >= 15 is 0 Å². The maximum absolute atomic E-state index is 11.6. The SMILES string of the molecule is CC(=O)N1CC(=O)c2cc(C(=O)O)[nH]c2C1. The zero-order chi connectivity index (χ0) is 11.9. The highest BCUT2D eigenvalue weighted by Gasteiger charge is 2.27. The molecular formula is C10H10N2O4. The molecule has 1 amide bonds. The number of carbonyl (C=O) groups excluding carboxylic acids is 2. The van der Waals surface area contributed by atoms with Gasteiger partial charge < -0.3 is 15.0 Å². The van der Waals surface area contributed by atoms with E-state index in [0.717, 1.165) is 0 Å². The van der Waals surface area contributed by atoms with Gasteiger partial charge in [0.2, 0.25) is 5.91 Å². The van der Waals surface area contributed by atoms with Crippen LogP contribution in [0, 0.1) is 0 Å². The Morgan fingerprint density at radius 1 is 1.44 bits per heavy atom. The minimum Gasteiger partial charge on any atom is -0.477 e. The van der Waals surface area contributed by atoms with Crippen LogP contribution in [0.5, 0.6) is 0 Å². The van der Waals surface area contributed by atoms with E-state index in [2.05, 4.69) is 4.98 Å². The zero-order valence-corrected chi connectivity index (χ0v) is 8.61. The molecule has 0 spiro atoms. The quantitative estimate of drug-likeness (QED) is 0.713. The van der Waals surface area contributed by atoms with Crippen molar-refractivity contribution in [3.05, 3.63) is 23.0 Å². The second-order valence-corrected chi connectivity index (χ2v) is 3.68. The van der Waals surface area contributed by atoms with E-state index in [0.29, 0.717) is 11.3 Å². The van der Waals surface area contributed by atoms with Crippen LogP contribution in [0.2, 0.25) is 0 Å². The summed E-state index contributed by atoms with van der Waals surface area (Å²) in [6.45, 7) is 1.64. The summed E-state index contributed by atoms with van der Waals surface area (Å²) in [5.74, 6) is -1.55. The third-order valence-corrected chi connectivity index (χ3v) is 2.56. The molecule has 1 aliphatic rings. The van der Waals surface area contributed by atoms with Gasteiger partial charge in [-0.05, 0) is 6.07 Å². The predicted molar refractivity (Wildman–Crippen MR) is 53.2 cm³/mol. The minimum atomic E-state index is -1.11. The number of hydrogen-bond acceptors (Lipinski definition) is 3. The lowest BCUT2D eigenvalue weighted by atomic mass is 10.1. The number of ketones is 1. The third kappa shape index (κ3) is 1.58.